The summed E-state index contributed by atoms with van der Waals surface area (Å²) >= 11 is 0. The van der Waals surface area contributed by atoms with Crippen LogP contribution in [0.4, 0.5) is 0 Å². The van der Waals surface area contributed by atoms with Crippen LogP contribution in [0.2, 0.25) is 0 Å². The lowest BCUT2D eigenvalue weighted by Crippen LogP contribution is -2.49. The van der Waals surface area contributed by atoms with Crippen molar-refractivity contribution in [1.82, 2.24) is 10.2 Å². The molecule has 0 spiro atoms. The molecule has 100 valence electrons. The van der Waals surface area contributed by atoms with Gasteiger partial charge in [-0.15, -0.1) is 0 Å². The third-order valence-electron chi connectivity index (χ3n) is 4.98. The number of fused-ring (bicyclic) bond motifs is 1. The number of amides is 2. The molecule has 4 heteroatoms. The number of rotatable bonds is 2. The molecule has 0 aromatic heterocycles. The van der Waals surface area contributed by atoms with E-state index >= 15 is 0 Å². The molecule has 3 fully saturated rings. The minimum Gasteiger partial charge on any atom is -0.315 e. The van der Waals surface area contributed by atoms with Crippen molar-refractivity contribution in [3.05, 3.63) is 0 Å². The molecule has 18 heavy (non-hydrogen) atoms. The van der Waals surface area contributed by atoms with E-state index in [0.717, 1.165) is 45.2 Å². The number of likely N-dealkylation sites (tertiary alicyclic amines) is 1. The minimum absolute atomic E-state index is 0.00405. The SMILES string of the molecule is CCC1CC2C(=O)N(C3CCCNC3)C(=O)C2C1. The number of nitrogens with zero attached hydrogens (tertiary/aromatic N) is 1. The third kappa shape index (κ3) is 1.78. The van der Waals surface area contributed by atoms with Gasteiger partial charge < -0.3 is 5.32 Å². The van der Waals surface area contributed by atoms with Crippen molar-refractivity contribution in [3.63, 3.8) is 0 Å². The van der Waals surface area contributed by atoms with Crippen molar-refractivity contribution in [2.75, 3.05) is 13.1 Å². The zero-order valence-electron chi connectivity index (χ0n) is 11.0. The Morgan fingerprint density at radius 3 is 2.39 bits per heavy atom. The summed E-state index contributed by atoms with van der Waals surface area (Å²) in [5.74, 6) is 0.831. The fourth-order valence-electron chi connectivity index (χ4n) is 3.90. The molecule has 3 unspecified atom stereocenters. The van der Waals surface area contributed by atoms with E-state index in [9.17, 15) is 9.59 Å². The molecule has 2 amide bonds. The molecule has 0 aromatic carbocycles. The summed E-state index contributed by atoms with van der Waals surface area (Å²) in [4.78, 5) is 26.5. The zero-order valence-corrected chi connectivity index (χ0v) is 11.0. The Labute approximate surface area is 108 Å². The van der Waals surface area contributed by atoms with Gasteiger partial charge in [-0.2, -0.15) is 0 Å². The Morgan fingerprint density at radius 1 is 1.22 bits per heavy atom. The van der Waals surface area contributed by atoms with Crippen LogP contribution in [0.15, 0.2) is 0 Å². The molecule has 2 saturated heterocycles. The first-order valence-electron chi connectivity index (χ1n) is 7.30. The van der Waals surface area contributed by atoms with Crippen molar-refractivity contribution in [1.29, 1.82) is 0 Å². The fraction of sp³-hybridized carbons (Fsp3) is 0.857. The van der Waals surface area contributed by atoms with Crippen LogP contribution in [0.25, 0.3) is 0 Å². The molecule has 1 aliphatic carbocycles. The van der Waals surface area contributed by atoms with Crippen LogP contribution in [0.1, 0.15) is 39.0 Å². The molecule has 4 nitrogen and oxygen atoms in total. The summed E-state index contributed by atoms with van der Waals surface area (Å²) in [6.07, 6.45) is 5.00. The predicted molar refractivity (Wildman–Crippen MR) is 67.7 cm³/mol. The minimum atomic E-state index is 0.00405. The van der Waals surface area contributed by atoms with E-state index in [0.29, 0.717) is 5.92 Å². The summed E-state index contributed by atoms with van der Waals surface area (Å²) in [6.45, 7) is 3.95. The van der Waals surface area contributed by atoms with Crippen LogP contribution < -0.4 is 5.32 Å². The van der Waals surface area contributed by atoms with Crippen molar-refractivity contribution in [2.24, 2.45) is 17.8 Å². The molecular weight excluding hydrogens is 228 g/mol. The maximum absolute atomic E-state index is 12.4. The summed E-state index contributed by atoms with van der Waals surface area (Å²) in [5, 5.41) is 3.29. The van der Waals surface area contributed by atoms with Crippen molar-refractivity contribution >= 4 is 11.8 Å². The van der Waals surface area contributed by atoms with Crippen molar-refractivity contribution < 1.29 is 9.59 Å². The van der Waals surface area contributed by atoms with Crippen LogP contribution in [0, 0.1) is 17.8 Å². The summed E-state index contributed by atoms with van der Waals surface area (Å²) in [5.41, 5.74) is 0. The number of hydrogen-bond acceptors (Lipinski definition) is 3. The molecule has 3 atom stereocenters. The Bertz CT molecular complexity index is 339. The highest BCUT2D eigenvalue weighted by Crippen LogP contribution is 2.45. The zero-order chi connectivity index (χ0) is 12.7. The molecule has 2 aliphatic heterocycles. The molecule has 1 saturated carbocycles. The normalized spacial score (nSPS) is 40.4. The van der Waals surface area contributed by atoms with E-state index < -0.39 is 0 Å². The van der Waals surface area contributed by atoms with Gasteiger partial charge in [-0.1, -0.05) is 13.3 Å². The molecular formula is C14H22N2O2. The molecule has 1 N–H and O–H groups in total. The van der Waals surface area contributed by atoms with E-state index in [2.05, 4.69) is 12.2 Å². The fourth-order valence-corrected chi connectivity index (χ4v) is 3.90. The van der Waals surface area contributed by atoms with Crippen molar-refractivity contribution in [2.45, 2.75) is 45.1 Å². The van der Waals surface area contributed by atoms with Gasteiger partial charge in [-0.05, 0) is 38.1 Å². The Hall–Kier alpha value is -0.900. The number of carbonyl (C=O) groups is 2. The van der Waals surface area contributed by atoms with Gasteiger partial charge in [0, 0.05) is 6.54 Å². The van der Waals surface area contributed by atoms with E-state index in [4.69, 9.17) is 0 Å². The molecule has 0 radical (unpaired) electrons. The Balaban J connectivity index is 1.75. The lowest BCUT2D eigenvalue weighted by Gasteiger charge is -2.31. The highest BCUT2D eigenvalue weighted by Gasteiger charge is 2.53. The largest absolute Gasteiger partial charge is 0.315 e. The maximum atomic E-state index is 12.4. The van der Waals surface area contributed by atoms with E-state index in [-0.39, 0.29) is 29.7 Å². The topological polar surface area (TPSA) is 49.4 Å². The van der Waals surface area contributed by atoms with E-state index in [1.807, 2.05) is 0 Å². The highest BCUT2D eigenvalue weighted by molar-refractivity contribution is 6.05. The molecule has 3 aliphatic rings. The molecule has 0 aromatic rings. The van der Waals surface area contributed by atoms with Crippen LogP contribution >= 0.6 is 0 Å². The smallest absolute Gasteiger partial charge is 0.233 e. The van der Waals surface area contributed by atoms with E-state index in [1.54, 1.807) is 4.90 Å². The predicted octanol–water partition coefficient (Wildman–Crippen LogP) is 1.16. The van der Waals surface area contributed by atoms with Crippen LogP contribution in [-0.4, -0.2) is 35.8 Å². The van der Waals surface area contributed by atoms with Gasteiger partial charge in [0.05, 0.1) is 17.9 Å². The monoisotopic (exact) mass is 250 g/mol. The molecule has 2 heterocycles. The van der Waals surface area contributed by atoms with Gasteiger partial charge in [0.15, 0.2) is 0 Å². The first-order valence-corrected chi connectivity index (χ1v) is 7.30. The van der Waals surface area contributed by atoms with Crippen LogP contribution in [-0.2, 0) is 9.59 Å². The third-order valence-corrected chi connectivity index (χ3v) is 4.98. The number of imide groups is 1. The summed E-state index contributed by atoms with van der Waals surface area (Å²) in [7, 11) is 0. The van der Waals surface area contributed by atoms with Gasteiger partial charge in [0.2, 0.25) is 11.8 Å². The second-order valence-corrected chi connectivity index (χ2v) is 6.01. The Morgan fingerprint density at radius 2 is 1.89 bits per heavy atom. The number of piperidine rings is 1. The number of carbonyl (C=O) groups excluding carboxylic acids is 2. The lowest BCUT2D eigenvalue weighted by molar-refractivity contribution is -0.143. The average Bonchev–Trinajstić information content (AvgIpc) is 2.92. The molecule has 3 rings (SSSR count). The number of nitrogens with one attached hydrogen (secondary N) is 1. The lowest BCUT2D eigenvalue weighted by atomic mass is 10.00. The highest BCUT2D eigenvalue weighted by atomic mass is 16.2. The van der Waals surface area contributed by atoms with Gasteiger partial charge in [0.25, 0.3) is 0 Å². The van der Waals surface area contributed by atoms with Crippen LogP contribution in [0.5, 0.6) is 0 Å². The Kier molecular flexibility index (Phi) is 3.14. The summed E-state index contributed by atoms with van der Waals surface area (Å²) < 4.78 is 0. The second-order valence-electron chi connectivity index (χ2n) is 6.01. The first kappa shape index (κ1) is 12.2. The maximum Gasteiger partial charge on any atom is 0.233 e. The van der Waals surface area contributed by atoms with E-state index in [1.165, 1.54) is 0 Å². The second kappa shape index (κ2) is 4.65. The van der Waals surface area contributed by atoms with Gasteiger partial charge >= 0.3 is 0 Å². The van der Waals surface area contributed by atoms with Gasteiger partial charge in [-0.25, -0.2) is 0 Å². The average molecular weight is 250 g/mol. The first-order chi connectivity index (χ1) is 8.72. The number of hydrogen-bond donors (Lipinski definition) is 1. The van der Waals surface area contributed by atoms with Crippen LogP contribution in [0.3, 0.4) is 0 Å². The summed E-state index contributed by atoms with van der Waals surface area (Å²) in [6, 6.07) is 0.115. The van der Waals surface area contributed by atoms with Gasteiger partial charge in [0.1, 0.15) is 0 Å². The quantitative estimate of drug-likeness (QED) is 0.748. The standard InChI is InChI=1S/C14H22N2O2/c1-2-9-6-11-12(7-9)14(18)16(13(11)17)10-4-3-5-15-8-10/h9-12,15H,2-8H2,1H3. The van der Waals surface area contributed by atoms with Crippen molar-refractivity contribution in [3.8, 4) is 0 Å². The van der Waals surface area contributed by atoms with Gasteiger partial charge in [-0.3, -0.25) is 14.5 Å². The molecule has 0 bridgehead atoms.